The van der Waals surface area contributed by atoms with Crippen LogP contribution in [-0.4, -0.2) is 41.3 Å². The van der Waals surface area contributed by atoms with Crippen LogP contribution in [0.2, 0.25) is 0 Å². The predicted octanol–water partition coefficient (Wildman–Crippen LogP) is 3.02. The van der Waals surface area contributed by atoms with E-state index in [1.807, 2.05) is 25.7 Å². The molecule has 1 amide bonds. The Labute approximate surface area is 117 Å². The Balaban J connectivity index is 2.70. The Morgan fingerprint density at radius 2 is 2.00 bits per heavy atom. The number of nitrogens with zero attached hydrogens (tertiary/aromatic N) is 1. The molecule has 1 atom stereocenters. The standard InChI is InChI=1S/C15H30N2O2/c1-11(2)8-12-9-17(10-15(6,7)16-12)13(18)19-14(3,4)5/h11-12,16H,8-10H2,1-7H3. The smallest absolute Gasteiger partial charge is 0.410 e. The number of carbonyl (C=O) groups excluding carboxylic acids is 1. The zero-order valence-corrected chi connectivity index (χ0v) is 13.5. The van der Waals surface area contributed by atoms with Crippen molar-refractivity contribution in [3.8, 4) is 0 Å². The van der Waals surface area contributed by atoms with E-state index < -0.39 is 5.60 Å². The number of amides is 1. The van der Waals surface area contributed by atoms with Crippen LogP contribution >= 0.6 is 0 Å². The van der Waals surface area contributed by atoms with Crippen LogP contribution in [0.15, 0.2) is 0 Å². The Kier molecular flexibility index (Phi) is 4.88. The maximum atomic E-state index is 12.2. The molecular formula is C15H30N2O2. The van der Waals surface area contributed by atoms with Gasteiger partial charge in [-0.25, -0.2) is 4.79 Å². The van der Waals surface area contributed by atoms with E-state index >= 15 is 0 Å². The number of hydrogen-bond acceptors (Lipinski definition) is 3. The van der Waals surface area contributed by atoms with E-state index in [0.717, 1.165) is 13.0 Å². The number of piperazine rings is 1. The van der Waals surface area contributed by atoms with Gasteiger partial charge in [-0.15, -0.1) is 0 Å². The fraction of sp³-hybridized carbons (Fsp3) is 0.933. The lowest BCUT2D eigenvalue weighted by Crippen LogP contribution is -2.63. The molecule has 1 rings (SSSR count). The summed E-state index contributed by atoms with van der Waals surface area (Å²) < 4.78 is 5.48. The quantitative estimate of drug-likeness (QED) is 0.838. The molecule has 19 heavy (non-hydrogen) atoms. The van der Waals surface area contributed by atoms with Gasteiger partial charge in [0.05, 0.1) is 0 Å². The van der Waals surface area contributed by atoms with Gasteiger partial charge in [0.2, 0.25) is 0 Å². The fourth-order valence-corrected chi connectivity index (χ4v) is 2.62. The van der Waals surface area contributed by atoms with Crippen molar-refractivity contribution in [3.63, 3.8) is 0 Å². The predicted molar refractivity (Wildman–Crippen MR) is 78.3 cm³/mol. The maximum Gasteiger partial charge on any atom is 0.410 e. The normalized spacial score (nSPS) is 23.6. The molecule has 0 aromatic carbocycles. The minimum absolute atomic E-state index is 0.0608. The van der Waals surface area contributed by atoms with Crippen LogP contribution < -0.4 is 5.32 Å². The van der Waals surface area contributed by atoms with Gasteiger partial charge in [-0.05, 0) is 47.0 Å². The lowest BCUT2D eigenvalue weighted by atomic mass is 9.94. The minimum Gasteiger partial charge on any atom is -0.444 e. The number of carbonyl (C=O) groups is 1. The van der Waals surface area contributed by atoms with Crippen molar-refractivity contribution in [2.24, 2.45) is 5.92 Å². The molecule has 1 aliphatic rings. The molecule has 1 aliphatic heterocycles. The zero-order valence-electron chi connectivity index (χ0n) is 13.5. The molecule has 112 valence electrons. The molecule has 0 saturated carbocycles. The maximum absolute atomic E-state index is 12.2. The highest BCUT2D eigenvalue weighted by atomic mass is 16.6. The fourth-order valence-electron chi connectivity index (χ4n) is 2.62. The van der Waals surface area contributed by atoms with Gasteiger partial charge in [-0.3, -0.25) is 0 Å². The second-order valence-electron chi connectivity index (χ2n) is 7.72. The summed E-state index contributed by atoms with van der Waals surface area (Å²) in [6, 6.07) is 0.344. The minimum atomic E-state index is -0.431. The van der Waals surface area contributed by atoms with Crippen LogP contribution in [0.3, 0.4) is 0 Å². The molecule has 4 heteroatoms. The van der Waals surface area contributed by atoms with Crippen LogP contribution in [0.25, 0.3) is 0 Å². The third kappa shape index (κ3) is 5.81. The van der Waals surface area contributed by atoms with E-state index in [9.17, 15) is 4.79 Å². The highest BCUT2D eigenvalue weighted by Gasteiger charge is 2.36. The van der Waals surface area contributed by atoms with Gasteiger partial charge >= 0.3 is 6.09 Å². The molecule has 1 saturated heterocycles. The van der Waals surface area contributed by atoms with Gasteiger partial charge in [0, 0.05) is 24.7 Å². The third-order valence-corrected chi connectivity index (χ3v) is 3.03. The molecule has 1 N–H and O–H groups in total. The van der Waals surface area contributed by atoms with Gasteiger partial charge in [0.1, 0.15) is 5.60 Å². The van der Waals surface area contributed by atoms with Crippen molar-refractivity contribution in [2.75, 3.05) is 13.1 Å². The SMILES string of the molecule is CC(C)CC1CN(C(=O)OC(C)(C)C)CC(C)(C)N1. The third-order valence-electron chi connectivity index (χ3n) is 3.03. The van der Waals surface area contributed by atoms with Crippen molar-refractivity contribution in [3.05, 3.63) is 0 Å². The molecule has 1 heterocycles. The van der Waals surface area contributed by atoms with Crippen molar-refractivity contribution in [2.45, 2.75) is 72.1 Å². The first-order chi connectivity index (χ1) is 8.48. The van der Waals surface area contributed by atoms with Gasteiger partial charge in [-0.2, -0.15) is 0 Å². The van der Waals surface area contributed by atoms with Crippen molar-refractivity contribution >= 4 is 6.09 Å². The number of rotatable bonds is 2. The summed E-state index contributed by atoms with van der Waals surface area (Å²) in [5, 5.41) is 3.62. The number of nitrogens with one attached hydrogen (secondary N) is 1. The van der Waals surface area contributed by atoms with Gasteiger partial charge in [0.25, 0.3) is 0 Å². The van der Waals surface area contributed by atoms with Gasteiger partial charge in [-0.1, -0.05) is 13.8 Å². The summed E-state index contributed by atoms with van der Waals surface area (Å²) >= 11 is 0. The highest BCUT2D eigenvalue weighted by Crippen LogP contribution is 2.20. The monoisotopic (exact) mass is 270 g/mol. The number of hydrogen-bond donors (Lipinski definition) is 1. The summed E-state index contributed by atoms with van der Waals surface area (Å²) in [7, 11) is 0. The van der Waals surface area contributed by atoms with E-state index in [1.165, 1.54) is 0 Å². The van der Waals surface area contributed by atoms with Crippen molar-refractivity contribution in [1.29, 1.82) is 0 Å². The van der Waals surface area contributed by atoms with E-state index in [-0.39, 0.29) is 11.6 Å². The largest absolute Gasteiger partial charge is 0.444 e. The first-order valence-electron chi connectivity index (χ1n) is 7.24. The summed E-state index contributed by atoms with van der Waals surface area (Å²) in [4.78, 5) is 14.1. The first-order valence-corrected chi connectivity index (χ1v) is 7.24. The molecule has 0 aromatic rings. The Hall–Kier alpha value is -0.770. The van der Waals surface area contributed by atoms with Crippen molar-refractivity contribution < 1.29 is 9.53 Å². The van der Waals surface area contributed by atoms with E-state index in [2.05, 4.69) is 33.0 Å². The molecule has 0 radical (unpaired) electrons. The molecule has 1 fully saturated rings. The molecule has 0 aliphatic carbocycles. The average molecular weight is 270 g/mol. The van der Waals surface area contributed by atoms with Crippen molar-refractivity contribution in [1.82, 2.24) is 10.2 Å². The summed E-state index contributed by atoms with van der Waals surface area (Å²) in [6.07, 6.45) is 0.874. The molecule has 1 unspecified atom stereocenters. The van der Waals surface area contributed by atoms with Crippen LogP contribution in [0, 0.1) is 5.92 Å². The van der Waals surface area contributed by atoms with E-state index in [0.29, 0.717) is 18.5 Å². The Morgan fingerprint density at radius 3 is 2.47 bits per heavy atom. The Morgan fingerprint density at radius 1 is 1.42 bits per heavy atom. The van der Waals surface area contributed by atoms with E-state index in [4.69, 9.17) is 4.74 Å². The topological polar surface area (TPSA) is 41.6 Å². The lowest BCUT2D eigenvalue weighted by Gasteiger charge is -2.44. The second-order valence-corrected chi connectivity index (χ2v) is 7.72. The van der Waals surface area contributed by atoms with Crippen LogP contribution in [-0.2, 0) is 4.74 Å². The van der Waals surface area contributed by atoms with Gasteiger partial charge in [0.15, 0.2) is 0 Å². The molecular weight excluding hydrogens is 240 g/mol. The molecule has 0 bridgehead atoms. The first kappa shape index (κ1) is 16.3. The summed E-state index contributed by atoms with van der Waals surface area (Å²) in [6.45, 7) is 15.8. The highest BCUT2D eigenvalue weighted by molar-refractivity contribution is 5.68. The lowest BCUT2D eigenvalue weighted by molar-refractivity contribution is 0.00788. The van der Waals surface area contributed by atoms with Crippen LogP contribution in [0.1, 0.15) is 54.9 Å². The van der Waals surface area contributed by atoms with E-state index in [1.54, 1.807) is 0 Å². The van der Waals surface area contributed by atoms with Crippen LogP contribution in [0.5, 0.6) is 0 Å². The summed E-state index contributed by atoms with van der Waals surface area (Å²) in [5.74, 6) is 0.617. The average Bonchev–Trinajstić information content (AvgIpc) is 2.10. The molecule has 0 aromatic heterocycles. The number of ether oxygens (including phenoxy) is 1. The molecule has 4 nitrogen and oxygen atoms in total. The molecule has 0 spiro atoms. The Bertz CT molecular complexity index is 319. The second kappa shape index (κ2) is 5.70. The van der Waals surface area contributed by atoms with Gasteiger partial charge < -0.3 is 15.0 Å². The summed E-state index contributed by atoms with van der Waals surface area (Å²) in [5.41, 5.74) is -0.492. The van der Waals surface area contributed by atoms with Crippen LogP contribution in [0.4, 0.5) is 4.79 Å². The zero-order chi connectivity index (χ0) is 14.8.